The van der Waals surface area contributed by atoms with Crippen molar-refractivity contribution in [1.29, 1.82) is 0 Å². The monoisotopic (exact) mass is 421 g/mol. The molecule has 0 saturated carbocycles. The molecule has 0 spiro atoms. The largest absolute Gasteiger partial charge is 0.462 e. The summed E-state index contributed by atoms with van der Waals surface area (Å²) in [5.41, 5.74) is 2.11. The van der Waals surface area contributed by atoms with Crippen molar-refractivity contribution < 1.29 is 14.4 Å². The summed E-state index contributed by atoms with van der Waals surface area (Å²) in [7, 11) is 0. The first-order valence-electron chi connectivity index (χ1n) is 11.2. The van der Waals surface area contributed by atoms with E-state index in [4.69, 9.17) is 9.57 Å². The van der Waals surface area contributed by atoms with Gasteiger partial charge in [-0.1, -0.05) is 60.7 Å². The first kappa shape index (κ1) is 23.2. The summed E-state index contributed by atoms with van der Waals surface area (Å²) in [4.78, 5) is 19.6. The molecule has 0 bridgehead atoms. The van der Waals surface area contributed by atoms with Gasteiger partial charge in [0.1, 0.15) is 6.10 Å². The predicted octanol–water partition coefficient (Wildman–Crippen LogP) is 6.35. The third kappa shape index (κ3) is 5.63. The summed E-state index contributed by atoms with van der Waals surface area (Å²) in [6, 6.07) is 19.7. The summed E-state index contributed by atoms with van der Waals surface area (Å²) in [6.45, 7) is 11.1. The van der Waals surface area contributed by atoms with E-state index < -0.39 is 6.10 Å². The van der Waals surface area contributed by atoms with Gasteiger partial charge in [0, 0.05) is 11.1 Å². The number of piperidine rings is 1. The van der Waals surface area contributed by atoms with E-state index in [0.29, 0.717) is 12.2 Å². The third-order valence-electron chi connectivity index (χ3n) is 5.92. The van der Waals surface area contributed by atoms with Gasteiger partial charge in [-0.05, 0) is 71.1 Å². The van der Waals surface area contributed by atoms with Crippen LogP contribution in [-0.2, 0) is 14.4 Å². The van der Waals surface area contributed by atoms with Crippen molar-refractivity contribution in [3.8, 4) is 0 Å². The Balaban J connectivity index is 2.07. The second-order valence-corrected chi connectivity index (χ2v) is 9.38. The Morgan fingerprint density at radius 2 is 1.52 bits per heavy atom. The summed E-state index contributed by atoms with van der Waals surface area (Å²) < 4.78 is 5.39. The van der Waals surface area contributed by atoms with Crippen LogP contribution in [0.15, 0.2) is 66.7 Å². The molecule has 1 aliphatic rings. The molecule has 1 saturated heterocycles. The van der Waals surface area contributed by atoms with Crippen molar-refractivity contribution in [3.05, 3.63) is 77.9 Å². The molecular weight excluding hydrogens is 386 g/mol. The van der Waals surface area contributed by atoms with Crippen molar-refractivity contribution in [3.63, 3.8) is 0 Å². The average Bonchev–Trinajstić information content (AvgIpc) is 2.74. The van der Waals surface area contributed by atoms with Gasteiger partial charge in [0.15, 0.2) is 0 Å². The fourth-order valence-electron chi connectivity index (χ4n) is 4.47. The van der Waals surface area contributed by atoms with E-state index in [0.717, 1.165) is 24.0 Å². The Labute approximate surface area is 186 Å². The number of nitrogens with zero attached hydrogens (tertiary/aromatic N) is 1. The highest BCUT2D eigenvalue weighted by Gasteiger charge is 2.43. The molecule has 0 aromatic heterocycles. The van der Waals surface area contributed by atoms with Gasteiger partial charge in [-0.3, -0.25) is 4.84 Å². The SMILES string of the molecule is CCOC(=O)/C(=C/C(ON1C(C)(C)CCCC1(C)C)c1ccccc1)c1ccccc1. The number of benzene rings is 2. The predicted molar refractivity (Wildman–Crippen MR) is 125 cm³/mol. The summed E-state index contributed by atoms with van der Waals surface area (Å²) in [5.74, 6) is -0.338. The highest BCUT2D eigenvalue weighted by Crippen LogP contribution is 2.41. The Kier molecular flexibility index (Phi) is 7.34. The van der Waals surface area contributed by atoms with E-state index in [2.05, 4.69) is 32.8 Å². The first-order valence-corrected chi connectivity index (χ1v) is 11.2. The number of hydroxylamine groups is 2. The molecule has 1 aliphatic heterocycles. The summed E-state index contributed by atoms with van der Waals surface area (Å²) in [5, 5.41) is 2.14. The van der Waals surface area contributed by atoms with E-state index in [1.54, 1.807) is 0 Å². The number of rotatable bonds is 7. The van der Waals surface area contributed by atoms with Gasteiger partial charge in [-0.25, -0.2) is 4.79 Å². The molecule has 166 valence electrons. The Morgan fingerprint density at radius 3 is 2.06 bits per heavy atom. The minimum absolute atomic E-state index is 0.112. The molecule has 3 rings (SSSR count). The zero-order chi connectivity index (χ0) is 22.5. The van der Waals surface area contributed by atoms with Crippen LogP contribution in [0.5, 0.6) is 0 Å². The Bertz CT molecular complexity index is 871. The van der Waals surface area contributed by atoms with Gasteiger partial charge in [0.05, 0.1) is 12.2 Å². The molecule has 0 amide bonds. The minimum Gasteiger partial charge on any atom is -0.462 e. The normalized spacial score (nSPS) is 19.6. The van der Waals surface area contributed by atoms with E-state index >= 15 is 0 Å². The molecule has 2 aromatic carbocycles. The van der Waals surface area contributed by atoms with Gasteiger partial charge in [0.2, 0.25) is 0 Å². The molecule has 31 heavy (non-hydrogen) atoms. The van der Waals surface area contributed by atoms with Crippen LogP contribution in [0.2, 0.25) is 0 Å². The maximum Gasteiger partial charge on any atom is 0.338 e. The molecule has 4 nitrogen and oxygen atoms in total. The number of esters is 1. The van der Waals surface area contributed by atoms with Crippen LogP contribution in [0.1, 0.15) is 71.1 Å². The number of ether oxygens (including phenoxy) is 1. The van der Waals surface area contributed by atoms with Crippen molar-refractivity contribution in [2.45, 2.75) is 71.1 Å². The van der Waals surface area contributed by atoms with Crippen LogP contribution < -0.4 is 0 Å². The second kappa shape index (κ2) is 9.80. The van der Waals surface area contributed by atoms with Gasteiger partial charge in [-0.2, -0.15) is 5.06 Å². The van der Waals surface area contributed by atoms with Crippen LogP contribution in [0, 0.1) is 0 Å². The van der Waals surface area contributed by atoms with Gasteiger partial charge < -0.3 is 4.74 Å². The van der Waals surface area contributed by atoms with Crippen molar-refractivity contribution >= 4 is 11.5 Å². The molecule has 2 aromatic rings. The molecule has 1 fully saturated rings. The lowest BCUT2D eigenvalue weighted by molar-refractivity contribution is -0.298. The Morgan fingerprint density at radius 1 is 0.968 bits per heavy atom. The van der Waals surface area contributed by atoms with E-state index in [-0.39, 0.29) is 17.0 Å². The maximum absolute atomic E-state index is 12.9. The molecular formula is C27H35NO3. The third-order valence-corrected chi connectivity index (χ3v) is 5.92. The lowest BCUT2D eigenvalue weighted by atomic mass is 9.82. The maximum atomic E-state index is 12.9. The molecule has 0 aliphatic carbocycles. The fourth-order valence-corrected chi connectivity index (χ4v) is 4.47. The van der Waals surface area contributed by atoms with E-state index in [9.17, 15) is 4.79 Å². The molecule has 4 heteroatoms. The number of carbonyl (C=O) groups is 1. The summed E-state index contributed by atoms with van der Waals surface area (Å²) >= 11 is 0. The van der Waals surface area contributed by atoms with Crippen molar-refractivity contribution in [2.75, 3.05) is 6.61 Å². The lowest BCUT2D eigenvalue weighted by Gasteiger charge is -2.52. The Hall–Kier alpha value is -2.43. The van der Waals surface area contributed by atoms with Crippen molar-refractivity contribution in [2.24, 2.45) is 0 Å². The minimum atomic E-state index is -0.419. The molecule has 1 heterocycles. The highest BCUT2D eigenvalue weighted by atomic mass is 16.7. The van der Waals surface area contributed by atoms with Gasteiger partial charge in [0.25, 0.3) is 0 Å². The van der Waals surface area contributed by atoms with Crippen LogP contribution in [0.25, 0.3) is 5.57 Å². The van der Waals surface area contributed by atoms with Crippen LogP contribution in [-0.4, -0.2) is 28.7 Å². The zero-order valence-electron chi connectivity index (χ0n) is 19.4. The van der Waals surface area contributed by atoms with Crippen LogP contribution in [0.3, 0.4) is 0 Å². The molecule has 1 atom stereocenters. The average molecular weight is 422 g/mol. The highest BCUT2D eigenvalue weighted by molar-refractivity contribution is 6.16. The standard InChI is InChI=1S/C27H35NO3/c1-6-30-25(29)23(21-14-9-7-10-15-21)20-24(22-16-11-8-12-17-22)31-28-26(2,3)18-13-19-27(28,4)5/h7-12,14-17,20,24H,6,13,18-19H2,1-5H3/b23-20+. The molecule has 1 unspecified atom stereocenters. The molecule has 0 N–H and O–H groups in total. The quantitative estimate of drug-likeness (QED) is 0.386. The van der Waals surface area contributed by atoms with Crippen LogP contribution in [0.4, 0.5) is 0 Å². The molecule has 0 radical (unpaired) electrons. The second-order valence-electron chi connectivity index (χ2n) is 9.38. The van der Waals surface area contributed by atoms with Gasteiger partial charge >= 0.3 is 5.97 Å². The number of carbonyl (C=O) groups excluding carboxylic acids is 1. The summed E-state index contributed by atoms with van der Waals surface area (Å²) in [6.07, 6.45) is 4.78. The fraction of sp³-hybridized carbons (Fsp3) is 0.444. The zero-order valence-corrected chi connectivity index (χ0v) is 19.4. The van der Waals surface area contributed by atoms with E-state index in [1.165, 1.54) is 6.42 Å². The number of hydrogen-bond donors (Lipinski definition) is 0. The van der Waals surface area contributed by atoms with E-state index in [1.807, 2.05) is 73.7 Å². The topological polar surface area (TPSA) is 38.8 Å². The van der Waals surface area contributed by atoms with Crippen LogP contribution >= 0.6 is 0 Å². The van der Waals surface area contributed by atoms with Gasteiger partial charge in [-0.15, -0.1) is 0 Å². The smallest absolute Gasteiger partial charge is 0.338 e. The lowest BCUT2D eigenvalue weighted by Crippen LogP contribution is -2.58. The van der Waals surface area contributed by atoms with Crippen molar-refractivity contribution in [1.82, 2.24) is 5.06 Å². The first-order chi connectivity index (χ1) is 14.7. The number of hydrogen-bond acceptors (Lipinski definition) is 4.